The second-order valence-corrected chi connectivity index (χ2v) is 7.24. The normalized spacial score (nSPS) is 14.4. The van der Waals surface area contributed by atoms with Gasteiger partial charge in [-0.2, -0.15) is 0 Å². The van der Waals surface area contributed by atoms with Gasteiger partial charge in [-0.1, -0.05) is 31.2 Å². The number of hydrogen-bond donors (Lipinski definition) is 1. The molecule has 30 heavy (non-hydrogen) atoms. The molecule has 0 amide bonds. The van der Waals surface area contributed by atoms with Gasteiger partial charge in [-0.3, -0.25) is 9.69 Å². The monoisotopic (exact) mass is 411 g/mol. The van der Waals surface area contributed by atoms with Gasteiger partial charge in [0.2, 0.25) is 5.78 Å². The third-order valence-electron chi connectivity index (χ3n) is 5.21. The van der Waals surface area contributed by atoms with E-state index in [4.69, 9.17) is 14.2 Å². The molecule has 0 spiro atoms. The minimum absolute atomic E-state index is 0.106. The standard InChI is InChI=1S/C24H29NO5/c1-4-17-5-7-18(8-6-17)15-22-23(27)19-9-10-21(26)20(24(19)30-22)16-25(11-13-28-2)12-14-29-3/h5-10,15,26H,4,11-14,16H2,1-3H3. The average molecular weight is 411 g/mol. The number of Topliss-reactive ketones (excluding diaryl/α,β-unsaturated/α-hetero) is 1. The molecule has 0 fully saturated rings. The Labute approximate surface area is 177 Å². The summed E-state index contributed by atoms with van der Waals surface area (Å²) in [6, 6.07) is 11.2. The molecular formula is C24H29NO5. The number of aromatic hydroxyl groups is 1. The number of allylic oxidation sites excluding steroid dienone is 1. The fourth-order valence-electron chi connectivity index (χ4n) is 3.38. The summed E-state index contributed by atoms with van der Waals surface area (Å²) in [5.41, 5.74) is 3.20. The number of nitrogens with zero attached hydrogens (tertiary/aromatic N) is 1. The van der Waals surface area contributed by atoms with Crippen LogP contribution in [0.1, 0.15) is 34.0 Å². The molecule has 0 unspecified atom stereocenters. The molecule has 160 valence electrons. The highest BCUT2D eigenvalue weighted by Gasteiger charge is 2.31. The number of phenols is 1. The molecule has 6 nitrogen and oxygen atoms in total. The van der Waals surface area contributed by atoms with Gasteiger partial charge in [0.15, 0.2) is 5.76 Å². The lowest BCUT2D eigenvalue weighted by Gasteiger charge is -2.23. The van der Waals surface area contributed by atoms with Crippen molar-refractivity contribution in [1.82, 2.24) is 4.90 Å². The van der Waals surface area contributed by atoms with E-state index in [-0.39, 0.29) is 17.3 Å². The predicted molar refractivity (Wildman–Crippen MR) is 116 cm³/mol. The molecule has 2 aromatic rings. The molecule has 0 saturated heterocycles. The maximum absolute atomic E-state index is 12.9. The smallest absolute Gasteiger partial charge is 0.231 e. The van der Waals surface area contributed by atoms with Gasteiger partial charge in [-0.05, 0) is 35.8 Å². The van der Waals surface area contributed by atoms with E-state index in [0.717, 1.165) is 12.0 Å². The third kappa shape index (κ3) is 5.08. The summed E-state index contributed by atoms with van der Waals surface area (Å²) in [5, 5.41) is 10.5. The Morgan fingerprint density at radius 3 is 2.30 bits per heavy atom. The van der Waals surface area contributed by atoms with Crippen molar-refractivity contribution in [3.05, 3.63) is 64.4 Å². The summed E-state index contributed by atoms with van der Waals surface area (Å²) < 4.78 is 16.3. The summed E-state index contributed by atoms with van der Waals surface area (Å²) in [7, 11) is 3.30. The quantitative estimate of drug-likeness (QED) is 0.602. The number of hydrogen-bond acceptors (Lipinski definition) is 6. The summed E-state index contributed by atoms with van der Waals surface area (Å²) in [6.45, 7) is 4.97. The molecule has 0 aromatic heterocycles. The number of rotatable bonds is 10. The van der Waals surface area contributed by atoms with Crippen molar-refractivity contribution in [3.8, 4) is 11.5 Å². The van der Waals surface area contributed by atoms with Crippen LogP contribution in [0.4, 0.5) is 0 Å². The van der Waals surface area contributed by atoms with Crippen LogP contribution < -0.4 is 4.74 Å². The van der Waals surface area contributed by atoms with E-state index in [2.05, 4.69) is 11.8 Å². The maximum Gasteiger partial charge on any atom is 0.231 e. The fraction of sp³-hybridized carbons (Fsp3) is 0.375. The Morgan fingerprint density at radius 1 is 1.03 bits per heavy atom. The van der Waals surface area contributed by atoms with Gasteiger partial charge >= 0.3 is 0 Å². The van der Waals surface area contributed by atoms with Crippen LogP contribution in [-0.4, -0.2) is 56.3 Å². The number of phenolic OH excluding ortho intramolecular Hbond substituents is 1. The van der Waals surface area contributed by atoms with Crippen LogP contribution in [0.5, 0.6) is 11.5 Å². The molecule has 1 N–H and O–H groups in total. The van der Waals surface area contributed by atoms with Crippen LogP contribution >= 0.6 is 0 Å². The van der Waals surface area contributed by atoms with Gasteiger partial charge in [0.1, 0.15) is 11.5 Å². The second-order valence-electron chi connectivity index (χ2n) is 7.24. The van der Waals surface area contributed by atoms with Gasteiger partial charge in [0, 0.05) is 33.9 Å². The highest BCUT2D eigenvalue weighted by atomic mass is 16.5. The molecule has 0 saturated carbocycles. The number of ether oxygens (including phenoxy) is 3. The third-order valence-corrected chi connectivity index (χ3v) is 5.21. The molecule has 0 aliphatic carbocycles. The van der Waals surface area contributed by atoms with Crippen LogP contribution in [0, 0.1) is 0 Å². The van der Waals surface area contributed by atoms with Gasteiger partial charge < -0.3 is 19.3 Å². The number of fused-ring (bicyclic) bond motifs is 1. The first-order valence-corrected chi connectivity index (χ1v) is 10.2. The number of benzene rings is 2. The SMILES string of the molecule is CCc1ccc(C=C2Oc3c(ccc(O)c3CN(CCOC)CCOC)C2=O)cc1. The Bertz CT molecular complexity index is 897. The summed E-state index contributed by atoms with van der Waals surface area (Å²) in [5.74, 6) is 0.624. The van der Waals surface area contributed by atoms with Gasteiger partial charge in [0.25, 0.3) is 0 Å². The fourth-order valence-corrected chi connectivity index (χ4v) is 3.38. The van der Waals surface area contributed by atoms with Crippen molar-refractivity contribution < 1.29 is 24.1 Å². The Kier molecular flexibility index (Phi) is 7.63. The van der Waals surface area contributed by atoms with Crippen LogP contribution in [-0.2, 0) is 22.4 Å². The molecule has 3 rings (SSSR count). The van der Waals surface area contributed by atoms with Crippen molar-refractivity contribution in [2.24, 2.45) is 0 Å². The minimum atomic E-state index is -0.175. The molecular weight excluding hydrogens is 382 g/mol. The van der Waals surface area contributed by atoms with E-state index in [1.165, 1.54) is 5.56 Å². The van der Waals surface area contributed by atoms with Crippen molar-refractivity contribution in [2.75, 3.05) is 40.5 Å². The number of carbonyl (C=O) groups excluding carboxylic acids is 1. The molecule has 1 heterocycles. The topological polar surface area (TPSA) is 68.2 Å². The van der Waals surface area contributed by atoms with Crippen molar-refractivity contribution >= 4 is 11.9 Å². The van der Waals surface area contributed by atoms with Gasteiger partial charge in [-0.25, -0.2) is 0 Å². The van der Waals surface area contributed by atoms with E-state index >= 15 is 0 Å². The zero-order chi connectivity index (χ0) is 21.5. The molecule has 0 bridgehead atoms. The van der Waals surface area contributed by atoms with Crippen LogP contribution in [0.15, 0.2) is 42.2 Å². The maximum atomic E-state index is 12.9. The van der Waals surface area contributed by atoms with E-state index in [0.29, 0.717) is 49.7 Å². The number of methoxy groups -OCH3 is 2. The zero-order valence-electron chi connectivity index (χ0n) is 17.8. The van der Waals surface area contributed by atoms with Gasteiger partial charge in [-0.15, -0.1) is 0 Å². The Balaban J connectivity index is 1.86. The second kappa shape index (κ2) is 10.4. The van der Waals surface area contributed by atoms with Crippen molar-refractivity contribution in [2.45, 2.75) is 19.9 Å². The van der Waals surface area contributed by atoms with Gasteiger partial charge in [0.05, 0.1) is 24.3 Å². The Morgan fingerprint density at radius 2 is 1.70 bits per heavy atom. The lowest BCUT2D eigenvalue weighted by atomic mass is 10.0. The predicted octanol–water partition coefficient (Wildman–Crippen LogP) is 3.67. The first kappa shape index (κ1) is 22.0. The number of ketones is 1. The average Bonchev–Trinajstić information content (AvgIpc) is 3.07. The summed E-state index contributed by atoms with van der Waals surface area (Å²) >= 11 is 0. The lowest BCUT2D eigenvalue weighted by molar-refractivity contribution is 0.101. The summed E-state index contributed by atoms with van der Waals surface area (Å²) in [6.07, 6.45) is 2.71. The van der Waals surface area contributed by atoms with Crippen LogP contribution in [0.2, 0.25) is 0 Å². The summed E-state index contributed by atoms with van der Waals surface area (Å²) in [4.78, 5) is 15.0. The van der Waals surface area contributed by atoms with E-state index in [1.54, 1.807) is 32.4 Å². The van der Waals surface area contributed by atoms with Crippen molar-refractivity contribution in [1.29, 1.82) is 0 Å². The molecule has 1 aliphatic rings. The molecule has 6 heteroatoms. The van der Waals surface area contributed by atoms with E-state index < -0.39 is 0 Å². The number of aryl methyl sites for hydroxylation is 1. The zero-order valence-corrected chi connectivity index (χ0v) is 17.8. The van der Waals surface area contributed by atoms with E-state index in [9.17, 15) is 9.90 Å². The lowest BCUT2D eigenvalue weighted by Crippen LogP contribution is -2.30. The molecule has 1 aliphatic heterocycles. The Hall–Kier alpha value is -2.67. The molecule has 0 atom stereocenters. The first-order chi connectivity index (χ1) is 14.6. The first-order valence-electron chi connectivity index (χ1n) is 10.2. The molecule has 0 radical (unpaired) electrons. The van der Waals surface area contributed by atoms with E-state index in [1.807, 2.05) is 24.3 Å². The highest BCUT2D eigenvalue weighted by molar-refractivity contribution is 6.15. The van der Waals surface area contributed by atoms with Crippen LogP contribution in [0.25, 0.3) is 6.08 Å². The number of carbonyl (C=O) groups is 1. The molecule has 2 aromatic carbocycles. The van der Waals surface area contributed by atoms with Crippen LogP contribution in [0.3, 0.4) is 0 Å². The largest absolute Gasteiger partial charge is 0.507 e. The highest BCUT2D eigenvalue weighted by Crippen LogP contribution is 2.40. The van der Waals surface area contributed by atoms with Crippen molar-refractivity contribution in [3.63, 3.8) is 0 Å². The minimum Gasteiger partial charge on any atom is -0.507 e.